The van der Waals surface area contributed by atoms with Crippen LogP contribution in [0.25, 0.3) is 11.7 Å². The summed E-state index contributed by atoms with van der Waals surface area (Å²) in [7, 11) is 0. The summed E-state index contributed by atoms with van der Waals surface area (Å²) in [5.41, 5.74) is 0.369. The van der Waals surface area contributed by atoms with Crippen molar-refractivity contribution in [2.24, 2.45) is 5.92 Å². The van der Waals surface area contributed by atoms with Gasteiger partial charge in [0.05, 0.1) is 6.20 Å². The molecule has 1 aliphatic carbocycles. The molecule has 2 aromatic heterocycles. The predicted octanol–water partition coefficient (Wildman–Crippen LogP) is 1.78. The minimum atomic E-state index is -0.601. The van der Waals surface area contributed by atoms with E-state index < -0.39 is 11.5 Å². The molecule has 3 rings (SSSR count). The van der Waals surface area contributed by atoms with Crippen LogP contribution in [-0.4, -0.2) is 31.2 Å². The van der Waals surface area contributed by atoms with Crippen LogP contribution in [0.3, 0.4) is 0 Å². The Morgan fingerprint density at radius 3 is 2.79 bits per heavy atom. The highest BCUT2D eigenvalue weighted by atomic mass is 16.3. The second-order valence-electron chi connectivity index (χ2n) is 6.59. The lowest BCUT2D eigenvalue weighted by Gasteiger charge is -2.17. The Balaban J connectivity index is 2.26. The molecule has 128 valence electrons. The summed E-state index contributed by atoms with van der Waals surface area (Å²) < 4.78 is 2.79. The van der Waals surface area contributed by atoms with E-state index in [1.165, 1.54) is 4.52 Å². The second-order valence-corrected chi connectivity index (χ2v) is 6.59. The van der Waals surface area contributed by atoms with Gasteiger partial charge in [-0.25, -0.2) is 0 Å². The fraction of sp³-hybridized carbons (Fsp3) is 0.471. The van der Waals surface area contributed by atoms with Crippen LogP contribution in [0.15, 0.2) is 17.1 Å². The molecular weight excluding hydrogens is 308 g/mol. The van der Waals surface area contributed by atoms with E-state index in [1.807, 2.05) is 32.9 Å². The lowest BCUT2D eigenvalue weighted by Crippen LogP contribution is -2.34. The van der Waals surface area contributed by atoms with Gasteiger partial charge < -0.3 is 10.4 Å². The second kappa shape index (κ2) is 6.14. The van der Waals surface area contributed by atoms with E-state index in [4.69, 9.17) is 0 Å². The van der Waals surface area contributed by atoms with Crippen LogP contribution in [0.1, 0.15) is 49.5 Å². The van der Waals surface area contributed by atoms with E-state index >= 15 is 0 Å². The van der Waals surface area contributed by atoms with Crippen LogP contribution in [-0.2, 0) is 6.54 Å². The molecule has 0 saturated heterocycles. The predicted molar refractivity (Wildman–Crippen MR) is 91.2 cm³/mol. The Kier molecular flexibility index (Phi) is 4.17. The van der Waals surface area contributed by atoms with Gasteiger partial charge in [-0.2, -0.15) is 9.61 Å². The fourth-order valence-corrected chi connectivity index (χ4v) is 2.73. The maximum Gasteiger partial charge on any atom is 0.291 e. The van der Waals surface area contributed by atoms with Gasteiger partial charge in [0.1, 0.15) is 5.65 Å². The first-order valence-electron chi connectivity index (χ1n) is 8.21. The molecule has 1 fully saturated rings. The first kappa shape index (κ1) is 16.3. The third kappa shape index (κ3) is 2.81. The molecule has 0 atom stereocenters. The molecule has 1 amide bonds. The normalized spacial score (nSPS) is 14.8. The van der Waals surface area contributed by atoms with Crippen LogP contribution in [0, 0.1) is 5.92 Å². The maximum atomic E-state index is 12.7. The van der Waals surface area contributed by atoms with Crippen LogP contribution in [0.5, 0.6) is 5.88 Å². The lowest BCUT2D eigenvalue weighted by atomic mass is 10.2. The molecule has 1 aliphatic rings. The van der Waals surface area contributed by atoms with Crippen LogP contribution in [0.4, 0.5) is 0 Å². The molecule has 7 nitrogen and oxygen atoms in total. The Bertz CT molecular complexity index is 872. The van der Waals surface area contributed by atoms with Crippen molar-refractivity contribution in [1.29, 1.82) is 0 Å². The van der Waals surface area contributed by atoms with Gasteiger partial charge >= 0.3 is 0 Å². The number of fused-ring (bicyclic) bond motifs is 1. The quantitative estimate of drug-likeness (QED) is 0.874. The largest absolute Gasteiger partial charge is 0.494 e. The Labute approximate surface area is 139 Å². The molecule has 24 heavy (non-hydrogen) atoms. The number of aromatic hydroxyl groups is 1. The third-order valence-corrected chi connectivity index (χ3v) is 3.95. The number of allylic oxidation sites excluding steroid dienone is 1. The molecule has 0 radical (unpaired) electrons. The number of aromatic nitrogens is 3. The first-order chi connectivity index (χ1) is 11.4. The lowest BCUT2D eigenvalue weighted by molar-refractivity contribution is 0.0944. The van der Waals surface area contributed by atoms with Gasteiger partial charge in [0.15, 0.2) is 5.56 Å². The molecule has 0 aliphatic heterocycles. The summed E-state index contributed by atoms with van der Waals surface area (Å²) in [6.45, 7) is 6.34. The van der Waals surface area contributed by atoms with Gasteiger partial charge in [0.2, 0.25) is 5.88 Å². The van der Waals surface area contributed by atoms with E-state index in [0.717, 1.165) is 18.4 Å². The number of nitrogens with zero attached hydrogens (tertiary/aromatic N) is 3. The topological polar surface area (TPSA) is 88.6 Å². The smallest absolute Gasteiger partial charge is 0.291 e. The number of nitrogens with one attached hydrogen (secondary N) is 1. The zero-order valence-electron chi connectivity index (χ0n) is 14.1. The van der Waals surface area contributed by atoms with E-state index in [-0.39, 0.29) is 23.4 Å². The van der Waals surface area contributed by atoms with Gasteiger partial charge in [0, 0.05) is 18.2 Å². The Morgan fingerprint density at radius 2 is 2.21 bits per heavy atom. The fourth-order valence-electron chi connectivity index (χ4n) is 2.73. The standard InChI is InChI=1S/C17H22N4O3/c1-4-5-11-8-18-21-15(11)20(9-10(2)3)16(23)13(17(21)24)14(22)19-12-6-7-12/h4-5,8,10,12,23H,6-7,9H2,1-3H3,(H,19,22)/b5-4+. The van der Waals surface area contributed by atoms with Gasteiger partial charge in [-0.3, -0.25) is 14.2 Å². The van der Waals surface area contributed by atoms with Gasteiger partial charge in [-0.15, -0.1) is 0 Å². The minimum absolute atomic E-state index is 0.0988. The molecule has 0 aromatic carbocycles. The van der Waals surface area contributed by atoms with Crippen molar-refractivity contribution in [1.82, 2.24) is 19.5 Å². The molecule has 0 bridgehead atoms. The first-order valence-corrected chi connectivity index (χ1v) is 8.21. The van der Waals surface area contributed by atoms with Crippen molar-refractivity contribution in [2.75, 3.05) is 0 Å². The zero-order valence-corrected chi connectivity index (χ0v) is 14.1. The average Bonchev–Trinajstić information content (AvgIpc) is 3.22. The molecule has 0 spiro atoms. The SMILES string of the molecule is C/C=C/c1cnn2c(=O)c(C(=O)NC3CC3)c(O)n(CC(C)C)c12. The van der Waals surface area contributed by atoms with Crippen molar-refractivity contribution >= 4 is 17.6 Å². The van der Waals surface area contributed by atoms with E-state index in [0.29, 0.717) is 12.2 Å². The molecule has 2 aromatic rings. The summed E-state index contributed by atoms with van der Waals surface area (Å²) in [4.78, 5) is 25.1. The van der Waals surface area contributed by atoms with Crippen LogP contribution >= 0.6 is 0 Å². The highest BCUT2D eigenvalue weighted by Crippen LogP contribution is 2.24. The Hall–Kier alpha value is -2.57. The van der Waals surface area contributed by atoms with Crippen molar-refractivity contribution in [3.05, 3.63) is 33.8 Å². The Morgan fingerprint density at radius 1 is 1.50 bits per heavy atom. The highest BCUT2D eigenvalue weighted by molar-refractivity contribution is 5.96. The summed E-state index contributed by atoms with van der Waals surface area (Å²) in [5, 5.41) is 17.6. The van der Waals surface area contributed by atoms with Gasteiger partial charge in [-0.1, -0.05) is 26.0 Å². The summed E-state index contributed by atoms with van der Waals surface area (Å²) in [6.07, 6.45) is 7.04. The summed E-state index contributed by atoms with van der Waals surface area (Å²) in [5.74, 6) is -0.622. The van der Waals surface area contributed by atoms with E-state index in [2.05, 4.69) is 10.4 Å². The summed E-state index contributed by atoms with van der Waals surface area (Å²) in [6, 6.07) is 0.0988. The van der Waals surface area contributed by atoms with Gasteiger partial charge in [-0.05, 0) is 25.7 Å². The van der Waals surface area contributed by atoms with Crippen molar-refractivity contribution < 1.29 is 9.90 Å². The van der Waals surface area contributed by atoms with E-state index in [9.17, 15) is 14.7 Å². The van der Waals surface area contributed by atoms with Crippen molar-refractivity contribution in [3.8, 4) is 5.88 Å². The molecule has 7 heteroatoms. The minimum Gasteiger partial charge on any atom is -0.494 e. The monoisotopic (exact) mass is 330 g/mol. The van der Waals surface area contributed by atoms with Crippen LogP contribution in [0.2, 0.25) is 0 Å². The van der Waals surface area contributed by atoms with Crippen molar-refractivity contribution in [3.63, 3.8) is 0 Å². The number of carbonyl (C=O) groups is 1. The molecule has 0 unspecified atom stereocenters. The number of hydrogen-bond acceptors (Lipinski definition) is 4. The molecular formula is C17H22N4O3. The van der Waals surface area contributed by atoms with E-state index in [1.54, 1.807) is 10.8 Å². The molecule has 1 saturated carbocycles. The molecule has 2 N–H and O–H groups in total. The number of amides is 1. The third-order valence-electron chi connectivity index (χ3n) is 3.95. The number of hydrogen-bond donors (Lipinski definition) is 2. The van der Waals surface area contributed by atoms with Gasteiger partial charge in [0.25, 0.3) is 11.5 Å². The average molecular weight is 330 g/mol. The number of carbonyl (C=O) groups excluding carboxylic acids is 1. The number of rotatable bonds is 5. The summed E-state index contributed by atoms with van der Waals surface area (Å²) >= 11 is 0. The highest BCUT2D eigenvalue weighted by Gasteiger charge is 2.29. The maximum absolute atomic E-state index is 12.7. The van der Waals surface area contributed by atoms with Crippen molar-refractivity contribution in [2.45, 2.75) is 46.2 Å². The zero-order chi connectivity index (χ0) is 17.4. The van der Waals surface area contributed by atoms with Crippen LogP contribution < -0.4 is 10.9 Å². The molecule has 2 heterocycles.